The molecule has 1 aromatic heterocycles. The normalized spacial score (nSPS) is 11.1. The van der Waals surface area contributed by atoms with Gasteiger partial charge in [0.15, 0.2) is 5.82 Å². The first kappa shape index (κ1) is 14.3. The number of fused-ring (bicyclic) bond motifs is 1. The van der Waals surface area contributed by atoms with Gasteiger partial charge >= 0.3 is 0 Å². The van der Waals surface area contributed by atoms with E-state index in [4.69, 9.17) is 11.6 Å². The predicted octanol–water partition coefficient (Wildman–Crippen LogP) is 5.13. The van der Waals surface area contributed by atoms with Crippen molar-refractivity contribution in [3.63, 3.8) is 0 Å². The van der Waals surface area contributed by atoms with E-state index < -0.39 is 17.5 Å². The topological polar surface area (TPSA) is 25.8 Å². The summed E-state index contributed by atoms with van der Waals surface area (Å²) in [7, 11) is 0. The highest BCUT2D eigenvalue weighted by Crippen LogP contribution is 2.29. The maximum Gasteiger partial charge on any atom is 0.164 e. The third-order valence-corrected chi connectivity index (χ3v) is 3.76. The third kappa shape index (κ3) is 2.61. The van der Waals surface area contributed by atoms with Crippen LogP contribution in [0, 0.1) is 17.5 Å². The minimum Gasteiger partial charge on any atom is -0.228 e. The molecule has 2 aromatic carbocycles. The largest absolute Gasteiger partial charge is 0.228 e. The van der Waals surface area contributed by atoms with Crippen molar-refractivity contribution in [1.29, 1.82) is 0 Å². The molecule has 0 aliphatic rings. The molecule has 0 fully saturated rings. The van der Waals surface area contributed by atoms with Gasteiger partial charge in [-0.1, -0.05) is 11.6 Å². The van der Waals surface area contributed by atoms with Crippen LogP contribution in [0.3, 0.4) is 0 Å². The lowest BCUT2D eigenvalue weighted by molar-refractivity contribution is 0.585. The Balaban J connectivity index is 2.27. The second-order valence-corrected chi connectivity index (χ2v) is 5.46. The zero-order valence-corrected chi connectivity index (χ0v) is 12.5. The fraction of sp³-hybridized carbons (Fsp3) is 0. The van der Waals surface area contributed by atoms with Crippen molar-refractivity contribution in [1.82, 2.24) is 9.97 Å². The number of benzene rings is 2. The fourth-order valence-electron chi connectivity index (χ4n) is 1.88. The molecule has 0 atom stereocenters. The Morgan fingerprint density at radius 2 is 1.71 bits per heavy atom. The number of halogens is 5. The molecule has 0 amide bonds. The highest BCUT2D eigenvalue weighted by atomic mass is 79.9. The summed E-state index contributed by atoms with van der Waals surface area (Å²) in [5.41, 5.74) is 0.220. The molecular weight excluding hydrogens is 369 g/mol. The zero-order valence-electron chi connectivity index (χ0n) is 10.2. The van der Waals surface area contributed by atoms with E-state index >= 15 is 0 Å². The van der Waals surface area contributed by atoms with Gasteiger partial charge in [-0.15, -0.1) is 0 Å². The van der Waals surface area contributed by atoms with Gasteiger partial charge in [0.1, 0.15) is 22.6 Å². The maximum atomic E-state index is 13.8. The Bertz CT molecular complexity index is 870. The molecule has 3 rings (SSSR count). The molecule has 0 saturated heterocycles. The molecule has 0 aliphatic heterocycles. The molecule has 0 unspecified atom stereocenters. The first-order valence-electron chi connectivity index (χ1n) is 5.73. The first-order chi connectivity index (χ1) is 9.95. The number of rotatable bonds is 1. The summed E-state index contributed by atoms with van der Waals surface area (Å²) >= 11 is 9.07. The number of nitrogens with zero attached hydrogens (tertiary/aromatic N) is 2. The van der Waals surface area contributed by atoms with Crippen LogP contribution in [0.4, 0.5) is 13.2 Å². The Morgan fingerprint density at radius 3 is 2.43 bits per heavy atom. The van der Waals surface area contributed by atoms with Gasteiger partial charge < -0.3 is 0 Å². The Kier molecular flexibility index (Phi) is 3.59. The van der Waals surface area contributed by atoms with Gasteiger partial charge in [0.2, 0.25) is 0 Å². The molecule has 0 bridgehead atoms. The van der Waals surface area contributed by atoms with Crippen molar-refractivity contribution in [2.75, 3.05) is 0 Å². The lowest BCUT2D eigenvalue weighted by atomic mass is 10.1. The average Bonchev–Trinajstić information content (AvgIpc) is 2.41. The van der Waals surface area contributed by atoms with E-state index in [0.29, 0.717) is 5.39 Å². The second-order valence-electron chi connectivity index (χ2n) is 4.25. The summed E-state index contributed by atoms with van der Waals surface area (Å²) in [6.07, 6.45) is 0. The van der Waals surface area contributed by atoms with Crippen LogP contribution in [-0.2, 0) is 0 Å². The summed E-state index contributed by atoms with van der Waals surface area (Å²) in [5, 5.41) is 0.482. The van der Waals surface area contributed by atoms with Crippen LogP contribution in [0.15, 0.2) is 34.8 Å². The molecule has 0 saturated carbocycles. The molecule has 0 radical (unpaired) electrons. The predicted molar refractivity (Wildman–Crippen MR) is 77.6 cm³/mol. The molecular formula is C14H5BrClF3N2. The molecule has 2 nitrogen and oxygen atoms in total. The van der Waals surface area contributed by atoms with E-state index in [-0.39, 0.29) is 26.5 Å². The smallest absolute Gasteiger partial charge is 0.164 e. The van der Waals surface area contributed by atoms with Gasteiger partial charge in [0.25, 0.3) is 0 Å². The maximum absolute atomic E-state index is 13.8. The van der Waals surface area contributed by atoms with Crippen molar-refractivity contribution >= 4 is 38.4 Å². The molecule has 1 heterocycles. The van der Waals surface area contributed by atoms with E-state index in [0.717, 1.165) is 18.2 Å². The summed E-state index contributed by atoms with van der Waals surface area (Å²) < 4.78 is 40.5. The third-order valence-electron chi connectivity index (χ3n) is 2.86. The van der Waals surface area contributed by atoms with Gasteiger partial charge in [-0.2, -0.15) is 0 Å². The summed E-state index contributed by atoms with van der Waals surface area (Å²) in [6, 6.07) is 5.62. The van der Waals surface area contributed by atoms with Gasteiger partial charge in [-0.3, -0.25) is 0 Å². The van der Waals surface area contributed by atoms with Gasteiger partial charge in [-0.25, -0.2) is 23.1 Å². The standard InChI is InChI=1S/C14H5BrClF3N2/c15-9-4-8-12(5-11(9)19)20-14(21-13(8)16)7-2-1-6(17)3-10(7)18/h1-5H. The van der Waals surface area contributed by atoms with Crippen LogP contribution in [0.2, 0.25) is 5.15 Å². The highest BCUT2D eigenvalue weighted by molar-refractivity contribution is 9.10. The van der Waals surface area contributed by atoms with Crippen LogP contribution in [-0.4, -0.2) is 9.97 Å². The van der Waals surface area contributed by atoms with Crippen molar-refractivity contribution in [3.05, 3.63) is 57.4 Å². The lowest BCUT2D eigenvalue weighted by Gasteiger charge is -2.06. The molecule has 3 aromatic rings. The first-order valence-corrected chi connectivity index (χ1v) is 6.90. The van der Waals surface area contributed by atoms with Crippen molar-refractivity contribution in [2.45, 2.75) is 0 Å². The molecule has 0 aliphatic carbocycles. The Labute approximate surface area is 130 Å². The van der Waals surface area contributed by atoms with Crippen LogP contribution in [0.5, 0.6) is 0 Å². The van der Waals surface area contributed by atoms with Crippen LogP contribution in [0.25, 0.3) is 22.3 Å². The number of hydrogen-bond donors (Lipinski definition) is 0. The molecule has 21 heavy (non-hydrogen) atoms. The van der Waals surface area contributed by atoms with E-state index in [1.165, 1.54) is 12.1 Å². The highest BCUT2D eigenvalue weighted by Gasteiger charge is 2.14. The molecule has 7 heteroatoms. The van der Waals surface area contributed by atoms with Crippen LogP contribution in [0.1, 0.15) is 0 Å². The molecule has 0 N–H and O–H groups in total. The number of aromatic nitrogens is 2. The number of hydrogen-bond acceptors (Lipinski definition) is 2. The second kappa shape index (κ2) is 5.27. The Hall–Kier alpha value is -1.66. The fourth-order valence-corrected chi connectivity index (χ4v) is 2.45. The summed E-state index contributed by atoms with van der Waals surface area (Å²) in [4.78, 5) is 8.06. The molecule has 106 valence electrons. The molecule has 0 spiro atoms. The van der Waals surface area contributed by atoms with Crippen molar-refractivity contribution in [3.8, 4) is 11.4 Å². The van der Waals surface area contributed by atoms with Crippen molar-refractivity contribution in [2.24, 2.45) is 0 Å². The van der Waals surface area contributed by atoms with E-state index in [2.05, 4.69) is 25.9 Å². The van der Waals surface area contributed by atoms with E-state index in [9.17, 15) is 13.2 Å². The average molecular weight is 374 g/mol. The quantitative estimate of drug-likeness (QED) is 0.553. The van der Waals surface area contributed by atoms with Crippen LogP contribution < -0.4 is 0 Å². The summed E-state index contributed by atoms with van der Waals surface area (Å²) in [6.45, 7) is 0. The van der Waals surface area contributed by atoms with E-state index in [1.54, 1.807) is 0 Å². The van der Waals surface area contributed by atoms with Crippen molar-refractivity contribution < 1.29 is 13.2 Å². The minimum atomic E-state index is -0.817. The lowest BCUT2D eigenvalue weighted by Crippen LogP contribution is -1.96. The SMILES string of the molecule is Fc1ccc(-c2nc(Cl)c3cc(Br)c(F)cc3n2)c(F)c1. The van der Waals surface area contributed by atoms with E-state index in [1.807, 2.05) is 0 Å². The van der Waals surface area contributed by atoms with Gasteiger partial charge in [-0.05, 0) is 34.1 Å². The summed E-state index contributed by atoms with van der Waals surface area (Å²) in [5.74, 6) is -2.09. The van der Waals surface area contributed by atoms with Crippen LogP contribution >= 0.6 is 27.5 Å². The monoisotopic (exact) mass is 372 g/mol. The van der Waals surface area contributed by atoms with Gasteiger partial charge in [0, 0.05) is 17.5 Å². The minimum absolute atomic E-state index is 0.0106. The Morgan fingerprint density at radius 1 is 0.952 bits per heavy atom. The van der Waals surface area contributed by atoms with Gasteiger partial charge in [0.05, 0.1) is 15.6 Å². The zero-order chi connectivity index (χ0) is 15.1.